The number of hydrogen-bond donors (Lipinski definition) is 2. The Bertz CT molecular complexity index is 10.0. The van der Waals surface area contributed by atoms with Gasteiger partial charge >= 0.3 is 0 Å². The van der Waals surface area contributed by atoms with Crippen molar-refractivity contribution in [3.05, 3.63) is 0 Å². The average Bonchev–Trinajstić information content (AvgIpc) is 1.37. The van der Waals surface area contributed by atoms with Crippen LogP contribution in [-0.2, 0) is 0 Å². The summed E-state index contributed by atoms with van der Waals surface area (Å²) in [5.41, 5.74) is 4.96. The van der Waals surface area contributed by atoms with E-state index < -0.39 is 0 Å². The Hall–Kier alpha value is 0.740. The molecule has 0 radical (unpaired) electrons. The summed E-state index contributed by atoms with van der Waals surface area (Å²) in [6.45, 7) is 0. The zero-order valence-corrected chi connectivity index (χ0v) is 4.13. The molecule has 0 aliphatic heterocycles. The largest absolute Gasteiger partial charge is 0.326 e. The fraction of sp³-hybridized carbons (Fsp3) is 1.00. The molecule has 0 aromatic heterocycles. The molecule has 0 amide bonds. The third-order valence-corrected chi connectivity index (χ3v) is 0.822. The Labute approximate surface area is 32.9 Å². The molecule has 0 spiro atoms. The first kappa shape index (κ1) is 4.74. The van der Waals surface area contributed by atoms with Crippen LogP contribution in [0.3, 0.4) is 0 Å². The molecular formula is CH6NPS. The highest BCUT2D eigenvalue weighted by Gasteiger charge is 1.55. The van der Waals surface area contributed by atoms with Crippen LogP contribution >= 0.6 is 20.0 Å². The Morgan fingerprint density at radius 3 is 2.25 bits per heavy atom. The van der Waals surface area contributed by atoms with Crippen molar-refractivity contribution < 1.29 is 0 Å². The number of hydrogen-bond acceptors (Lipinski definition) is 2. The molecule has 2 N–H and O–H groups in total. The third kappa shape index (κ3) is 2.74. The molecule has 0 aromatic rings. The minimum Gasteiger partial charge on any atom is -0.326 e. The SMILES string of the molecule is NCPS. The Morgan fingerprint density at radius 1 is 2.00 bits per heavy atom. The van der Waals surface area contributed by atoms with Gasteiger partial charge in [-0.15, -0.1) is 0 Å². The van der Waals surface area contributed by atoms with Crippen molar-refractivity contribution in [3.63, 3.8) is 0 Å². The lowest BCUT2D eigenvalue weighted by atomic mass is 11.6. The smallest absolute Gasteiger partial charge is 0.0192 e. The number of nitrogens with two attached hydrogens (primary N) is 1. The molecule has 0 saturated heterocycles. The molecule has 0 aromatic carbocycles. The highest BCUT2D eigenvalue weighted by Crippen LogP contribution is 2.07. The average molecular weight is 95.1 g/mol. The summed E-state index contributed by atoms with van der Waals surface area (Å²) in [4.78, 5) is 0. The molecule has 1 nitrogen and oxygen atoms in total. The Morgan fingerprint density at radius 2 is 2.25 bits per heavy atom. The van der Waals surface area contributed by atoms with Crippen LogP contribution in [-0.4, -0.2) is 6.29 Å². The van der Waals surface area contributed by atoms with Gasteiger partial charge in [0, 0.05) is 6.29 Å². The lowest BCUT2D eigenvalue weighted by Crippen LogP contribution is -1.85. The minimum atomic E-state index is 0.613. The summed E-state index contributed by atoms with van der Waals surface area (Å²) in [6, 6.07) is 0. The maximum Gasteiger partial charge on any atom is 0.0192 e. The number of rotatable bonds is 1. The summed E-state index contributed by atoms with van der Waals surface area (Å²) in [5, 5.41) is 0. The predicted molar refractivity (Wildman–Crippen MR) is 26.4 cm³/mol. The first-order valence-corrected chi connectivity index (χ1v) is 3.48. The van der Waals surface area contributed by atoms with Crippen LogP contribution in [0.15, 0.2) is 0 Å². The second-order valence-corrected chi connectivity index (χ2v) is 2.04. The van der Waals surface area contributed by atoms with E-state index in [0.29, 0.717) is 14.1 Å². The van der Waals surface area contributed by atoms with Gasteiger partial charge in [0.1, 0.15) is 0 Å². The second kappa shape index (κ2) is 3.74. The Balaban J connectivity index is 1.97. The van der Waals surface area contributed by atoms with E-state index in [0.717, 1.165) is 0 Å². The number of thiol groups is 1. The zero-order valence-electron chi connectivity index (χ0n) is 2.23. The fourth-order valence-electron chi connectivity index (χ4n) is 0. The van der Waals surface area contributed by atoms with Crippen molar-refractivity contribution in [1.82, 2.24) is 0 Å². The van der Waals surface area contributed by atoms with Gasteiger partial charge in [0.15, 0.2) is 0 Å². The fourth-order valence-corrected chi connectivity index (χ4v) is 0. The minimum absolute atomic E-state index is 0.613. The van der Waals surface area contributed by atoms with E-state index in [9.17, 15) is 0 Å². The van der Waals surface area contributed by atoms with Crippen LogP contribution in [0, 0.1) is 0 Å². The summed E-state index contributed by atoms with van der Waals surface area (Å²) in [6.07, 6.45) is 0.711. The van der Waals surface area contributed by atoms with E-state index in [1.807, 2.05) is 0 Å². The van der Waals surface area contributed by atoms with Gasteiger partial charge in [0.25, 0.3) is 0 Å². The van der Waals surface area contributed by atoms with Gasteiger partial charge in [0.2, 0.25) is 0 Å². The van der Waals surface area contributed by atoms with Crippen molar-refractivity contribution >= 4 is 20.0 Å². The van der Waals surface area contributed by atoms with E-state index in [4.69, 9.17) is 5.73 Å². The maximum atomic E-state index is 4.96. The standard InChI is InChI=1S/CH6NPS/c2-1-3-4/h3-4H,1-2H2. The molecular weight excluding hydrogens is 89.1 g/mol. The van der Waals surface area contributed by atoms with Crippen LogP contribution in [0.1, 0.15) is 0 Å². The van der Waals surface area contributed by atoms with E-state index in [1.54, 1.807) is 0 Å². The van der Waals surface area contributed by atoms with Gasteiger partial charge in [-0.05, 0) is 0 Å². The van der Waals surface area contributed by atoms with Gasteiger partial charge in [0.05, 0.1) is 0 Å². The zero-order chi connectivity index (χ0) is 3.41. The van der Waals surface area contributed by atoms with Crippen LogP contribution in [0.5, 0.6) is 0 Å². The monoisotopic (exact) mass is 95.0 g/mol. The van der Waals surface area contributed by atoms with Crippen molar-refractivity contribution in [2.45, 2.75) is 0 Å². The maximum absolute atomic E-state index is 4.96. The third-order valence-electron chi connectivity index (χ3n) is 0.0913. The lowest BCUT2D eigenvalue weighted by molar-refractivity contribution is 1.40. The highest BCUT2D eigenvalue weighted by molar-refractivity contribution is 8.38. The molecule has 0 fully saturated rings. The topological polar surface area (TPSA) is 26.0 Å². The van der Waals surface area contributed by atoms with E-state index in [1.165, 1.54) is 0 Å². The molecule has 26 valence electrons. The predicted octanol–water partition coefficient (Wildman–Crippen LogP) is 0.426. The second-order valence-electron chi connectivity index (χ2n) is 0.362. The van der Waals surface area contributed by atoms with Gasteiger partial charge in [-0.1, -0.05) is 7.78 Å². The molecule has 0 aliphatic rings. The summed E-state index contributed by atoms with van der Waals surface area (Å²) in [5.74, 6) is 0. The van der Waals surface area contributed by atoms with Crippen LogP contribution in [0.4, 0.5) is 0 Å². The molecule has 0 saturated carbocycles. The summed E-state index contributed by atoms with van der Waals surface area (Å²) in [7, 11) is 0.613. The lowest BCUT2D eigenvalue weighted by Gasteiger charge is -1.70. The molecule has 0 bridgehead atoms. The molecule has 0 rings (SSSR count). The van der Waals surface area contributed by atoms with Gasteiger partial charge < -0.3 is 5.73 Å². The van der Waals surface area contributed by atoms with Gasteiger partial charge in [-0.2, -0.15) is 12.2 Å². The molecule has 0 aliphatic carbocycles. The summed E-state index contributed by atoms with van der Waals surface area (Å²) < 4.78 is 0. The van der Waals surface area contributed by atoms with Gasteiger partial charge in [-0.25, -0.2) is 0 Å². The van der Waals surface area contributed by atoms with Crippen LogP contribution in [0.2, 0.25) is 0 Å². The molecule has 1 atom stereocenters. The molecule has 1 unspecified atom stereocenters. The van der Waals surface area contributed by atoms with Crippen LogP contribution < -0.4 is 5.73 Å². The normalized spacial score (nSPS) is 10.5. The van der Waals surface area contributed by atoms with Gasteiger partial charge in [-0.3, -0.25) is 0 Å². The molecule has 0 heterocycles. The van der Waals surface area contributed by atoms with Crippen LogP contribution in [0.25, 0.3) is 0 Å². The highest BCUT2D eigenvalue weighted by atomic mass is 32.7. The Kier molecular flexibility index (Phi) is 4.43. The summed E-state index contributed by atoms with van der Waals surface area (Å²) >= 11 is 3.82. The molecule has 4 heavy (non-hydrogen) atoms. The molecule has 3 heteroatoms. The van der Waals surface area contributed by atoms with E-state index >= 15 is 0 Å². The first-order valence-electron chi connectivity index (χ1n) is 0.985. The van der Waals surface area contributed by atoms with Crippen molar-refractivity contribution in [2.75, 3.05) is 6.29 Å². The van der Waals surface area contributed by atoms with E-state index in [-0.39, 0.29) is 0 Å². The van der Waals surface area contributed by atoms with Crippen molar-refractivity contribution in [3.8, 4) is 0 Å². The quantitative estimate of drug-likeness (QED) is 0.358. The van der Waals surface area contributed by atoms with Crippen molar-refractivity contribution in [2.24, 2.45) is 5.73 Å². The van der Waals surface area contributed by atoms with Crippen molar-refractivity contribution in [1.29, 1.82) is 0 Å². The van der Waals surface area contributed by atoms with E-state index in [2.05, 4.69) is 12.2 Å². The first-order chi connectivity index (χ1) is 1.91.